The van der Waals surface area contributed by atoms with Gasteiger partial charge in [-0.2, -0.15) is 4.31 Å². The molecule has 1 aliphatic rings. The lowest BCUT2D eigenvalue weighted by atomic mass is 10.0. The van der Waals surface area contributed by atoms with E-state index in [9.17, 15) is 18.0 Å². The predicted octanol–water partition coefficient (Wildman–Crippen LogP) is 0.109. The molecule has 2 amide bonds. The minimum Gasteiger partial charge on any atom is -0.358 e. The van der Waals surface area contributed by atoms with Crippen LogP contribution in [0.5, 0.6) is 0 Å². The van der Waals surface area contributed by atoms with Crippen molar-refractivity contribution in [1.29, 1.82) is 0 Å². The first-order valence-electron chi connectivity index (χ1n) is 6.39. The Balaban J connectivity index is 2.34. The number of hydrogen-bond acceptors (Lipinski definition) is 4. The molecule has 114 valence electrons. The molecule has 7 nitrogen and oxygen atoms in total. The Bertz CT molecular complexity index is 699. The zero-order valence-corrected chi connectivity index (χ0v) is 12.8. The molecule has 0 aromatic heterocycles. The quantitative estimate of drug-likeness (QED) is 0.825. The van der Waals surface area contributed by atoms with Crippen molar-refractivity contribution in [3.8, 4) is 0 Å². The van der Waals surface area contributed by atoms with Crippen LogP contribution in [0.25, 0.3) is 0 Å². The molecule has 1 heterocycles. The van der Waals surface area contributed by atoms with Gasteiger partial charge in [0.25, 0.3) is 0 Å². The van der Waals surface area contributed by atoms with E-state index in [4.69, 9.17) is 0 Å². The minimum atomic E-state index is -3.77. The number of likely N-dealkylation sites (N-methyl/N-ethyl adjacent to an activating group) is 2. The molecule has 0 radical (unpaired) electrons. The second-order valence-electron chi connectivity index (χ2n) is 4.89. The van der Waals surface area contributed by atoms with Crippen LogP contribution in [-0.2, 0) is 19.6 Å². The Morgan fingerprint density at radius 3 is 2.71 bits per heavy atom. The topological polar surface area (TPSA) is 95.6 Å². The highest BCUT2D eigenvalue weighted by Crippen LogP contribution is 2.34. The van der Waals surface area contributed by atoms with Gasteiger partial charge in [-0.05, 0) is 30.7 Å². The van der Waals surface area contributed by atoms with Crippen molar-refractivity contribution >= 4 is 27.5 Å². The molecule has 8 heteroatoms. The number of carbonyl (C=O) groups is 2. The lowest BCUT2D eigenvalue weighted by Crippen LogP contribution is -2.36. The Labute approximate surface area is 123 Å². The van der Waals surface area contributed by atoms with Crippen molar-refractivity contribution in [2.45, 2.75) is 17.7 Å². The van der Waals surface area contributed by atoms with Crippen LogP contribution in [0.15, 0.2) is 23.1 Å². The molecule has 1 aliphatic heterocycles. The minimum absolute atomic E-state index is 0.0657. The van der Waals surface area contributed by atoms with Crippen LogP contribution in [0.1, 0.15) is 18.4 Å². The van der Waals surface area contributed by atoms with Gasteiger partial charge in [-0.15, -0.1) is 0 Å². The summed E-state index contributed by atoms with van der Waals surface area (Å²) in [6, 6.07) is 4.47. The smallest absolute Gasteiger partial charge is 0.243 e. The molecule has 0 spiro atoms. The van der Waals surface area contributed by atoms with Gasteiger partial charge in [0.15, 0.2) is 0 Å². The number of hydrogen-bond donors (Lipinski definition) is 2. The lowest BCUT2D eigenvalue weighted by molar-refractivity contribution is -0.120. The van der Waals surface area contributed by atoms with Gasteiger partial charge < -0.3 is 10.6 Å². The van der Waals surface area contributed by atoms with Crippen molar-refractivity contribution in [2.24, 2.45) is 0 Å². The van der Waals surface area contributed by atoms with Crippen LogP contribution in [0, 0.1) is 0 Å². The summed E-state index contributed by atoms with van der Waals surface area (Å²) in [5, 5.41) is 5.06. The maximum atomic E-state index is 12.4. The number of anilines is 1. The van der Waals surface area contributed by atoms with Crippen molar-refractivity contribution in [3.63, 3.8) is 0 Å². The monoisotopic (exact) mass is 311 g/mol. The summed E-state index contributed by atoms with van der Waals surface area (Å²) in [6.45, 7) is 1.45. The molecule has 0 fully saturated rings. The van der Waals surface area contributed by atoms with Crippen LogP contribution in [0.3, 0.4) is 0 Å². The Morgan fingerprint density at radius 1 is 1.43 bits per heavy atom. The van der Waals surface area contributed by atoms with Gasteiger partial charge in [0.1, 0.15) is 0 Å². The third kappa shape index (κ3) is 2.77. The van der Waals surface area contributed by atoms with E-state index in [0.717, 1.165) is 4.31 Å². The van der Waals surface area contributed by atoms with Crippen molar-refractivity contribution in [1.82, 2.24) is 9.62 Å². The molecule has 0 saturated carbocycles. The van der Waals surface area contributed by atoms with Crippen LogP contribution in [-0.4, -0.2) is 45.2 Å². The average molecular weight is 311 g/mol. The predicted molar refractivity (Wildman–Crippen MR) is 77.4 cm³/mol. The first-order chi connectivity index (χ1) is 9.77. The summed E-state index contributed by atoms with van der Waals surface area (Å²) >= 11 is 0. The maximum Gasteiger partial charge on any atom is 0.243 e. The first kappa shape index (κ1) is 15.5. The highest BCUT2D eigenvalue weighted by molar-refractivity contribution is 7.89. The number of benzene rings is 1. The molecule has 1 atom stereocenters. The van der Waals surface area contributed by atoms with E-state index in [1.807, 2.05) is 0 Å². The van der Waals surface area contributed by atoms with Crippen LogP contribution >= 0.6 is 0 Å². The Hall–Kier alpha value is -1.93. The second kappa shape index (κ2) is 5.45. The molecular weight excluding hydrogens is 294 g/mol. The molecule has 1 aromatic carbocycles. The van der Waals surface area contributed by atoms with Crippen LogP contribution < -0.4 is 10.6 Å². The SMILES string of the molecule is CNC(=O)CN(C)S(=O)(=O)c1ccc2c(c1)[C@@H](C)C(=O)N2. The molecular formula is C13H17N3O4S. The van der Waals surface area contributed by atoms with E-state index in [1.54, 1.807) is 13.0 Å². The Kier molecular flexibility index (Phi) is 4.02. The van der Waals surface area contributed by atoms with E-state index in [2.05, 4.69) is 10.6 Å². The number of nitrogens with one attached hydrogen (secondary N) is 2. The summed E-state index contributed by atoms with van der Waals surface area (Å²) < 4.78 is 25.8. The van der Waals surface area contributed by atoms with E-state index in [0.29, 0.717) is 11.3 Å². The number of rotatable bonds is 4. The van der Waals surface area contributed by atoms with Gasteiger partial charge in [-0.3, -0.25) is 9.59 Å². The zero-order chi connectivity index (χ0) is 15.8. The first-order valence-corrected chi connectivity index (χ1v) is 7.83. The molecule has 0 unspecified atom stereocenters. The molecule has 0 aliphatic carbocycles. The number of nitrogens with zero attached hydrogens (tertiary/aromatic N) is 1. The normalized spacial score (nSPS) is 17.5. The lowest BCUT2D eigenvalue weighted by Gasteiger charge is -2.17. The van der Waals surface area contributed by atoms with Gasteiger partial charge in [0.2, 0.25) is 21.8 Å². The van der Waals surface area contributed by atoms with E-state index >= 15 is 0 Å². The fourth-order valence-corrected chi connectivity index (χ4v) is 3.26. The third-order valence-corrected chi connectivity index (χ3v) is 5.29. The molecule has 0 bridgehead atoms. The zero-order valence-electron chi connectivity index (χ0n) is 12.0. The number of carbonyl (C=O) groups excluding carboxylic acids is 2. The van der Waals surface area contributed by atoms with Gasteiger partial charge in [-0.1, -0.05) is 0 Å². The summed E-state index contributed by atoms with van der Waals surface area (Å²) in [5.41, 5.74) is 1.27. The third-order valence-electron chi connectivity index (χ3n) is 3.49. The summed E-state index contributed by atoms with van der Waals surface area (Å²) in [4.78, 5) is 23.0. The van der Waals surface area contributed by atoms with Gasteiger partial charge in [0.05, 0.1) is 17.4 Å². The molecule has 21 heavy (non-hydrogen) atoms. The van der Waals surface area contributed by atoms with Gasteiger partial charge in [-0.25, -0.2) is 8.42 Å². The van der Waals surface area contributed by atoms with Gasteiger partial charge in [0, 0.05) is 19.8 Å². The van der Waals surface area contributed by atoms with E-state index in [1.165, 1.54) is 26.2 Å². The maximum absolute atomic E-state index is 12.4. The molecule has 0 saturated heterocycles. The number of fused-ring (bicyclic) bond motifs is 1. The van der Waals surface area contributed by atoms with Crippen LogP contribution in [0.4, 0.5) is 5.69 Å². The average Bonchev–Trinajstić information content (AvgIpc) is 2.73. The number of amides is 2. The molecule has 2 N–H and O–H groups in total. The van der Waals surface area contributed by atoms with E-state index in [-0.39, 0.29) is 23.3 Å². The van der Waals surface area contributed by atoms with Crippen molar-refractivity contribution in [3.05, 3.63) is 23.8 Å². The summed E-state index contributed by atoms with van der Waals surface area (Å²) in [5.74, 6) is -0.940. The van der Waals surface area contributed by atoms with E-state index < -0.39 is 15.9 Å². The summed E-state index contributed by atoms with van der Waals surface area (Å²) in [7, 11) is -0.994. The fourth-order valence-electron chi connectivity index (χ4n) is 2.10. The van der Waals surface area contributed by atoms with Crippen molar-refractivity contribution in [2.75, 3.05) is 26.0 Å². The standard InChI is InChI=1S/C13H17N3O4S/c1-8-10-6-9(4-5-11(10)15-13(8)18)21(19,20)16(3)7-12(17)14-2/h4-6,8H,7H2,1-3H3,(H,14,17)(H,15,18)/t8-/m1/s1. The number of sulfonamides is 1. The second-order valence-corrected chi connectivity index (χ2v) is 6.94. The Morgan fingerprint density at radius 2 is 2.10 bits per heavy atom. The largest absolute Gasteiger partial charge is 0.358 e. The fraction of sp³-hybridized carbons (Fsp3) is 0.385. The van der Waals surface area contributed by atoms with Crippen LogP contribution in [0.2, 0.25) is 0 Å². The highest BCUT2D eigenvalue weighted by Gasteiger charge is 2.30. The molecule has 1 aromatic rings. The summed E-state index contributed by atoms with van der Waals surface area (Å²) in [6.07, 6.45) is 0. The highest BCUT2D eigenvalue weighted by atomic mass is 32.2. The van der Waals surface area contributed by atoms with Crippen molar-refractivity contribution < 1.29 is 18.0 Å². The van der Waals surface area contributed by atoms with Gasteiger partial charge >= 0.3 is 0 Å². The molecule has 2 rings (SSSR count).